The van der Waals surface area contributed by atoms with Crippen molar-refractivity contribution in [3.8, 4) is 17.2 Å². The molecule has 1 saturated carbocycles. The van der Waals surface area contributed by atoms with Gasteiger partial charge in [-0.2, -0.15) is 0 Å². The highest BCUT2D eigenvalue weighted by Gasteiger charge is 2.59. The molecule has 0 radical (unpaired) electrons. The first-order valence-corrected chi connectivity index (χ1v) is 10.6. The smallest absolute Gasteiger partial charge is 0.319 e. The zero-order valence-corrected chi connectivity index (χ0v) is 17.3. The Hall–Kier alpha value is -4.14. The number of hydrogen-bond acceptors (Lipinski definition) is 5. The normalized spacial score (nSPS) is 21.6. The minimum Gasteiger partial charge on any atom is -0.487 e. The Morgan fingerprint density at radius 2 is 2.00 bits per heavy atom. The Labute approximate surface area is 188 Å². The van der Waals surface area contributed by atoms with Crippen LogP contribution in [0.2, 0.25) is 0 Å². The summed E-state index contributed by atoms with van der Waals surface area (Å²) in [7, 11) is 0. The molecular formula is C24H19FN4O4. The van der Waals surface area contributed by atoms with Crippen molar-refractivity contribution >= 4 is 23.4 Å². The van der Waals surface area contributed by atoms with E-state index in [1.165, 1.54) is 24.3 Å². The second-order valence-corrected chi connectivity index (χ2v) is 8.23. The van der Waals surface area contributed by atoms with E-state index in [1.54, 1.807) is 12.3 Å². The zero-order valence-electron chi connectivity index (χ0n) is 17.3. The first kappa shape index (κ1) is 19.5. The van der Waals surface area contributed by atoms with E-state index in [1.807, 2.05) is 18.2 Å². The van der Waals surface area contributed by atoms with Gasteiger partial charge in [-0.1, -0.05) is 0 Å². The van der Waals surface area contributed by atoms with Crippen molar-refractivity contribution in [1.82, 2.24) is 10.3 Å². The second-order valence-electron chi connectivity index (χ2n) is 8.23. The van der Waals surface area contributed by atoms with E-state index in [0.29, 0.717) is 35.8 Å². The number of carbonyl (C=O) groups excluding carboxylic acids is 2. The molecule has 3 amide bonds. The van der Waals surface area contributed by atoms with E-state index in [2.05, 4.69) is 20.9 Å². The molecule has 3 unspecified atom stereocenters. The van der Waals surface area contributed by atoms with Crippen LogP contribution < -0.4 is 25.4 Å². The SMILES string of the molecule is O=C1CCc2c(Oc3ccc4c(c3)C3C(NC(=O)Nc5ccc(F)cc5)C3O4)ccnc2N1. The summed E-state index contributed by atoms with van der Waals surface area (Å²) in [4.78, 5) is 28.2. The molecule has 0 saturated heterocycles. The van der Waals surface area contributed by atoms with Crippen LogP contribution >= 0.6 is 0 Å². The van der Waals surface area contributed by atoms with Crippen LogP contribution in [0.1, 0.15) is 23.5 Å². The van der Waals surface area contributed by atoms with Gasteiger partial charge >= 0.3 is 6.03 Å². The maximum atomic E-state index is 13.0. The summed E-state index contributed by atoms with van der Waals surface area (Å²) in [6.07, 6.45) is 2.44. The molecule has 3 aliphatic rings. The lowest BCUT2D eigenvalue weighted by molar-refractivity contribution is -0.116. The molecule has 9 heteroatoms. The van der Waals surface area contributed by atoms with Crippen LogP contribution in [-0.4, -0.2) is 29.1 Å². The van der Waals surface area contributed by atoms with E-state index in [4.69, 9.17) is 9.47 Å². The lowest BCUT2D eigenvalue weighted by atomic mass is 10.1. The predicted octanol–water partition coefficient (Wildman–Crippen LogP) is 3.95. The highest BCUT2D eigenvalue weighted by Crippen LogP contribution is 2.54. The molecule has 1 fully saturated rings. The topological polar surface area (TPSA) is 102 Å². The highest BCUT2D eigenvalue weighted by atomic mass is 19.1. The average Bonchev–Trinajstić information content (AvgIpc) is 3.31. The molecule has 3 atom stereocenters. The zero-order chi connectivity index (χ0) is 22.5. The molecule has 1 aromatic heterocycles. The number of benzene rings is 2. The number of halogens is 1. The maximum absolute atomic E-state index is 13.0. The van der Waals surface area contributed by atoms with Crippen molar-refractivity contribution in [2.45, 2.75) is 30.9 Å². The van der Waals surface area contributed by atoms with Gasteiger partial charge in [-0.15, -0.1) is 0 Å². The number of rotatable bonds is 4. The minimum atomic E-state index is -0.371. The molecule has 3 heterocycles. The number of nitrogens with one attached hydrogen (secondary N) is 3. The number of pyridine rings is 1. The number of hydrogen-bond donors (Lipinski definition) is 3. The van der Waals surface area contributed by atoms with Crippen molar-refractivity contribution in [1.29, 1.82) is 0 Å². The van der Waals surface area contributed by atoms with Crippen molar-refractivity contribution in [2.24, 2.45) is 0 Å². The third kappa shape index (κ3) is 3.61. The van der Waals surface area contributed by atoms with Crippen molar-refractivity contribution in [3.05, 3.63) is 71.7 Å². The van der Waals surface area contributed by atoms with Gasteiger partial charge in [-0.3, -0.25) is 4.79 Å². The van der Waals surface area contributed by atoms with E-state index < -0.39 is 0 Å². The number of carbonyl (C=O) groups is 2. The second kappa shape index (κ2) is 7.47. The fourth-order valence-corrected chi connectivity index (χ4v) is 4.41. The average molecular weight is 446 g/mol. The minimum absolute atomic E-state index is 0.0353. The summed E-state index contributed by atoms with van der Waals surface area (Å²) in [6.45, 7) is 0. The number of ether oxygens (including phenoxy) is 2. The first-order chi connectivity index (χ1) is 16.0. The summed E-state index contributed by atoms with van der Waals surface area (Å²) in [5.74, 6) is 2.23. The van der Waals surface area contributed by atoms with Gasteiger partial charge in [0.15, 0.2) is 0 Å². The van der Waals surface area contributed by atoms with Crippen LogP contribution in [0.25, 0.3) is 0 Å². The van der Waals surface area contributed by atoms with E-state index in [-0.39, 0.29) is 35.8 Å². The number of amides is 3. The Kier molecular flexibility index (Phi) is 4.42. The fourth-order valence-electron chi connectivity index (χ4n) is 4.41. The van der Waals surface area contributed by atoms with Crippen molar-refractivity contribution < 1.29 is 23.5 Å². The Morgan fingerprint density at radius 3 is 2.85 bits per heavy atom. The molecule has 3 aromatic rings. The summed E-state index contributed by atoms with van der Waals surface area (Å²) in [5.41, 5.74) is 2.35. The monoisotopic (exact) mass is 446 g/mol. The van der Waals surface area contributed by atoms with E-state index >= 15 is 0 Å². The van der Waals surface area contributed by atoms with Gasteiger partial charge < -0.3 is 25.4 Å². The summed E-state index contributed by atoms with van der Waals surface area (Å²) in [5, 5.41) is 8.38. The molecule has 2 aliphatic heterocycles. The predicted molar refractivity (Wildman–Crippen MR) is 117 cm³/mol. The van der Waals surface area contributed by atoms with Gasteiger partial charge in [0.2, 0.25) is 5.91 Å². The molecular weight excluding hydrogens is 427 g/mol. The van der Waals surface area contributed by atoms with E-state index in [0.717, 1.165) is 16.9 Å². The van der Waals surface area contributed by atoms with Gasteiger partial charge in [0, 0.05) is 29.4 Å². The molecule has 0 spiro atoms. The molecule has 2 aromatic carbocycles. The third-order valence-corrected chi connectivity index (χ3v) is 6.06. The van der Waals surface area contributed by atoms with Crippen LogP contribution in [0.15, 0.2) is 54.7 Å². The standard InChI is InChI=1S/C24H19FN4O4/c25-12-1-3-13(4-2-12)27-24(31)29-21-20-16-11-14(5-7-17(16)33-22(20)21)32-18-9-10-26-23-15(18)6-8-19(30)28-23/h1-5,7,9-11,20-22H,6,8H2,(H,26,28,30)(H2,27,29,31). The van der Waals surface area contributed by atoms with Crippen LogP contribution in [0, 0.1) is 5.82 Å². The molecule has 6 rings (SSSR count). The molecule has 0 bridgehead atoms. The first-order valence-electron chi connectivity index (χ1n) is 10.6. The molecule has 3 N–H and O–H groups in total. The lowest BCUT2D eigenvalue weighted by Gasteiger charge is -2.19. The van der Waals surface area contributed by atoms with Gasteiger partial charge in [0.05, 0.1) is 12.0 Å². The number of fused-ring (bicyclic) bond motifs is 4. The molecule has 33 heavy (non-hydrogen) atoms. The quantitative estimate of drug-likeness (QED) is 0.564. The van der Waals surface area contributed by atoms with Crippen LogP contribution in [0.5, 0.6) is 17.2 Å². The largest absolute Gasteiger partial charge is 0.487 e. The number of nitrogens with zero attached hydrogens (tertiary/aromatic N) is 1. The van der Waals surface area contributed by atoms with Crippen LogP contribution in [-0.2, 0) is 11.2 Å². The fraction of sp³-hybridized carbons (Fsp3) is 0.208. The van der Waals surface area contributed by atoms with Gasteiger partial charge in [0.1, 0.15) is 35.0 Å². The number of aromatic nitrogens is 1. The Balaban J connectivity index is 1.15. The van der Waals surface area contributed by atoms with Gasteiger partial charge in [0.25, 0.3) is 0 Å². The Bertz CT molecular complexity index is 1280. The maximum Gasteiger partial charge on any atom is 0.319 e. The van der Waals surface area contributed by atoms with Crippen LogP contribution in [0.4, 0.5) is 20.7 Å². The number of urea groups is 1. The lowest BCUT2D eigenvalue weighted by Crippen LogP contribution is -2.33. The molecule has 8 nitrogen and oxygen atoms in total. The van der Waals surface area contributed by atoms with Gasteiger partial charge in [-0.05, 0) is 55.0 Å². The molecule has 1 aliphatic carbocycles. The van der Waals surface area contributed by atoms with Gasteiger partial charge in [-0.25, -0.2) is 14.2 Å². The summed E-state index contributed by atoms with van der Waals surface area (Å²) >= 11 is 0. The number of anilines is 2. The van der Waals surface area contributed by atoms with Crippen LogP contribution in [0.3, 0.4) is 0 Å². The molecule has 166 valence electrons. The Morgan fingerprint density at radius 1 is 1.15 bits per heavy atom. The van der Waals surface area contributed by atoms with Crippen molar-refractivity contribution in [2.75, 3.05) is 10.6 Å². The van der Waals surface area contributed by atoms with Crippen molar-refractivity contribution in [3.63, 3.8) is 0 Å². The summed E-state index contributed by atoms with van der Waals surface area (Å²) < 4.78 is 25.1. The highest BCUT2D eigenvalue weighted by molar-refractivity contribution is 5.93. The third-order valence-electron chi connectivity index (χ3n) is 6.06. The summed E-state index contributed by atoms with van der Waals surface area (Å²) in [6, 6.07) is 12.5. The van der Waals surface area contributed by atoms with E-state index in [9.17, 15) is 14.0 Å².